The van der Waals surface area contributed by atoms with Gasteiger partial charge in [0, 0.05) is 28.2 Å². The van der Waals surface area contributed by atoms with Gasteiger partial charge < -0.3 is 9.80 Å². The van der Waals surface area contributed by atoms with Crippen molar-refractivity contribution in [1.82, 2.24) is 9.80 Å². The van der Waals surface area contributed by atoms with E-state index in [1.165, 1.54) is 11.1 Å². The summed E-state index contributed by atoms with van der Waals surface area (Å²) in [5, 5.41) is 0. The Balaban J connectivity index is 1.99. The van der Waals surface area contributed by atoms with Crippen LogP contribution >= 0.6 is 0 Å². The molecule has 0 aromatic heterocycles. The van der Waals surface area contributed by atoms with Crippen LogP contribution in [0.1, 0.15) is 11.1 Å². The molecule has 0 heterocycles. The Morgan fingerprint density at radius 1 is 0.652 bits per heavy atom. The Morgan fingerprint density at radius 3 is 1.30 bits per heavy atom. The van der Waals surface area contributed by atoms with E-state index < -0.39 is 0 Å². The summed E-state index contributed by atoms with van der Waals surface area (Å²) in [6.45, 7) is 0. The SMILES string of the molecule is CN(C)/C=N/c1ccc(Cc2ccc(/N=C/N(C)C)cc2)cc1. The molecule has 0 aliphatic heterocycles. The smallest absolute Gasteiger partial charge is 0.0907 e. The third kappa shape index (κ3) is 5.94. The lowest BCUT2D eigenvalue weighted by Crippen LogP contribution is -2.06. The summed E-state index contributed by atoms with van der Waals surface area (Å²) in [6.07, 6.45) is 4.53. The van der Waals surface area contributed by atoms with Gasteiger partial charge in [0.1, 0.15) is 0 Å². The molecule has 2 rings (SSSR count). The van der Waals surface area contributed by atoms with Crippen LogP contribution in [0.4, 0.5) is 11.4 Å². The summed E-state index contributed by atoms with van der Waals surface area (Å²) < 4.78 is 0. The van der Waals surface area contributed by atoms with Crippen LogP contribution in [0.2, 0.25) is 0 Å². The second-order valence-corrected chi connectivity index (χ2v) is 5.93. The summed E-state index contributed by atoms with van der Waals surface area (Å²) in [5.41, 5.74) is 4.49. The van der Waals surface area contributed by atoms with Crippen LogP contribution in [0.5, 0.6) is 0 Å². The molecule has 23 heavy (non-hydrogen) atoms. The lowest BCUT2D eigenvalue weighted by molar-refractivity contribution is 0.643. The number of aliphatic imine (C=N–C) groups is 2. The molecular weight excluding hydrogens is 284 g/mol. The molecular formula is C19H24N4. The number of rotatable bonds is 6. The fraction of sp³-hybridized carbons (Fsp3) is 0.263. The van der Waals surface area contributed by atoms with Crippen molar-refractivity contribution in [2.45, 2.75) is 6.42 Å². The molecule has 0 bridgehead atoms. The van der Waals surface area contributed by atoms with Crippen LogP contribution in [-0.2, 0) is 6.42 Å². The standard InChI is InChI=1S/C19H24N4/c1-22(2)14-20-18-9-5-16(6-10-18)13-17-7-11-19(12-8-17)21-15-23(3)4/h5-12,14-15H,13H2,1-4H3/b20-14+,21-15+. The van der Waals surface area contributed by atoms with Crippen LogP contribution in [0.25, 0.3) is 0 Å². The van der Waals surface area contributed by atoms with Crippen molar-refractivity contribution in [2.24, 2.45) is 9.98 Å². The van der Waals surface area contributed by atoms with E-state index in [1.54, 1.807) is 0 Å². The molecule has 0 fully saturated rings. The molecule has 0 radical (unpaired) electrons. The maximum Gasteiger partial charge on any atom is 0.0907 e. The van der Waals surface area contributed by atoms with E-state index in [0.29, 0.717) is 0 Å². The van der Waals surface area contributed by atoms with Gasteiger partial charge in [-0.05, 0) is 41.8 Å². The van der Waals surface area contributed by atoms with E-state index >= 15 is 0 Å². The van der Waals surface area contributed by atoms with Gasteiger partial charge in [0.25, 0.3) is 0 Å². The van der Waals surface area contributed by atoms with Gasteiger partial charge in [-0.1, -0.05) is 24.3 Å². The fourth-order valence-electron chi connectivity index (χ4n) is 2.00. The molecule has 0 amide bonds. The molecule has 2 aromatic carbocycles. The predicted molar refractivity (Wildman–Crippen MR) is 99.4 cm³/mol. The topological polar surface area (TPSA) is 31.2 Å². The largest absolute Gasteiger partial charge is 0.369 e. The Hall–Kier alpha value is -2.62. The molecule has 0 saturated carbocycles. The van der Waals surface area contributed by atoms with Gasteiger partial charge in [0.15, 0.2) is 0 Å². The molecule has 2 aromatic rings. The normalized spacial score (nSPS) is 11.3. The zero-order valence-electron chi connectivity index (χ0n) is 14.3. The van der Waals surface area contributed by atoms with Crippen LogP contribution in [-0.4, -0.2) is 50.7 Å². The van der Waals surface area contributed by atoms with Gasteiger partial charge in [-0.3, -0.25) is 0 Å². The summed E-state index contributed by atoms with van der Waals surface area (Å²) in [4.78, 5) is 12.6. The second-order valence-electron chi connectivity index (χ2n) is 5.93. The first-order chi connectivity index (χ1) is 11.0. The van der Waals surface area contributed by atoms with Gasteiger partial charge in [-0.25, -0.2) is 9.98 Å². The molecule has 120 valence electrons. The van der Waals surface area contributed by atoms with Crippen molar-refractivity contribution in [3.8, 4) is 0 Å². The molecule has 0 unspecified atom stereocenters. The van der Waals surface area contributed by atoms with E-state index in [1.807, 2.05) is 74.9 Å². The van der Waals surface area contributed by atoms with Crippen LogP contribution in [0.3, 0.4) is 0 Å². The highest BCUT2D eigenvalue weighted by Crippen LogP contribution is 2.18. The van der Waals surface area contributed by atoms with E-state index in [4.69, 9.17) is 0 Å². The summed E-state index contributed by atoms with van der Waals surface area (Å²) in [5.74, 6) is 0. The maximum atomic E-state index is 4.38. The fourth-order valence-corrected chi connectivity index (χ4v) is 2.00. The molecule has 4 nitrogen and oxygen atoms in total. The van der Waals surface area contributed by atoms with Gasteiger partial charge in [0.2, 0.25) is 0 Å². The quantitative estimate of drug-likeness (QED) is 0.601. The monoisotopic (exact) mass is 308 g/mol. The summed E-state index contributed by atoms with van der Waals surface area (Å²) in [7, 11) is 7.85. The van der Waals surface area contributed by atoms with E-state index in [-0.39, 0.29) is 0 Å². The van der Waals surface area contributed by atoms with Crippen LogP contribution in [0.15, 0.2) is 58.5 Å². The Kier molecular flexibility index (Phi) is 5.92. The van der Waals surface area contributed by atoms with Crippen molar-refractivity contribution < 1.29 is 0 Å². The molecule has 0 N–H and O–H groups in total. The third-order valence-electron chi connectivity index (χ3n) is 3.16. The maximum absolute atomic E-state index is 4.38. The highest BCUT2D eigenvalue weighted by molar-refractivity contribution is 5.61. The summed E-state index contributed by atoms with van der Waals surface area (Å²) >= 11 is 0. The lowest BCUT2D eigenvalue weighted by Gasteiger charge is -2.05. The van der Waals surface area contributed by atoms with E-state index in [2.05, 4.69) is 34.3 Å². The number of hydrogen-bond donors (Lipinski definition) is 0. The molecule has 0 saturated heterocycles. The van der Waals surface area contributed by atoms with E-state index in [0.717, 1.165) is 17.8 Å². The molecule has 0 spiro atoms. The minimum atomic E-state index is 0.912. The van der Waals surface area contributed by atoms with Gasteiger partial charge >= 0.3 is 0 Å². The van der Waals surface area contributed by atoms with Gasteiger partial charge in [-0.2, -0.15) is 0 Å². The predicted octanol–water partition coefficient (Wildman–Crippen LogP) is 3.72. The molecule has 0 aliphatic carbocycles. The third-order valence-corrected chi connectivity index (χ3v) is 3.16. The number of hydrogen-bond acceptors (Lipinski definition) is 2. The Morgan fingerprint density at radius 2 is 1.00 bits per heavy atom. The average Bonchev–Trinajstić information content (AvgIpc) is 2.53. The summed E-state index contributed by atoms with van der Waals surface area (Å²) in [6, 6.07) is 16.7. The Labute approximate surface area is 138 Å². The molecule has 0 atom stereocenters. The van der Waals surface area contributed by atoms with Crippen molar-refractivity contribution in [3.05, 3.63) is 59.7 Å². The molecule has 4 heteroatoms. The first kappa shape index (κ1) is 16.7. The van der Waals surface area contributed by atoms with Crippen LogP contribution in [0, 0.1) is 0 Å². The van der Waals surface area contributed by atoms with Crippen molar-refractivity contribution in [2.75, 3.05) is 28.2 Å². The Bertz CT molecular complexity index is 593. The van der Waals surface area contributed by atoms with E-state index in [9.17, 15) is 0 Å². The highest BCUT2D eigenvalue weighted by Gasteiger charge is 1.98. The zero-order valence-corrected chi connectivity index (χ0v) is 14.3. The minimum absolute atomic E-state index is 0.912. The van der Waals surface area contributed by atoms with Crippen molar-refractivity contribution in [3.63, 3.8) is 0 Å². The second kappa shape index (κ2) is 8.13. The van der Waals surface area contributed by atoms with Crippen molar-refractivity contribution >= 4 is 24.1 Å². The lowest BCUT2D eigenvalue weighted by atomic mass is 10.0. The van der Waals surface area contributed by atoms with Gasteiger partial charge in [-0.15, -0.1) is 0 Å². The van der Waals surface area contributed by atoms with Crippen LogP contribution < -0.4 is 0 Å². The van der Waals surface area contributed by atoms with Gasteiger partial charge in [0.05, 0.1) is 24.1 Å². The number of benzene rings is 2. The number of nitrogens with zero attached hydrogens (tertiary/aromatic N) is 4. The zero-order chi connectivity index (χ0) is 16.7. The van der Waals surface area contributed by atoms with Crippen molar-refractivity contribution in [1.29, 1.82) is 0 Å². The molecule has 0 aliphatic rings. The first-order valence-electron chi connectivity index (χ1n) is 7.62. The minimum Gasteiger partial charge on any atom is -0.369 e. The average molecular weight is 308 g/mol. The first-order valence-corrected chi connectivity index (χ1v) is 7.62. The highest BCUT2D eigenvalue weighted by atomic mass is 15.1.